The highest BCUT2D eigenvalue weighted by Crippen LogP contribution is 2.35. The van der Waals surface area contributed by atoms with Gasteiger partial charge in [0.2, 0.25) is 5.82 Å². The second-order valence-corrected chi connectivity index (χ2v) is 8.78. The molecule has 0 aliphatic carbocycles. The normalized spacial score (nSPS) is 11.4. The quantitative estimate of drug-likeness (QED) is 0.553. The van der Waals surface area contributed by atoms with Crippen molar-refractivity contribution in [3.8, 4) is 11.4 Å². The second-order valence-electron chi connectivity index (χ2n) is 5.82. The number of anilines is 2. The third kappa shape index (κ3) is 3.34. The van der Waals surface area contributed by atoms with Crippen molar-refractivity contribution >= 4 is 32.7 Å². The number of sulfonamides is 1. The minimum atomic E-state index is -3.77. The first-order valence-electron chi connectivity index (χ1n) is 8.05. The maximum atomic E-state index is 13.4. The van der Waals surface area contributed by atoms with Gasteiger partial charge in [0.05, 0.1) is 11.4 Å². The zero-order valence-corrected chi connectivity index (χ0v) is 15.9. The summed E-state index contributed by atoms with van der Waals surface area (Å²) in [6.45, 7) is 1.96. The maximum absolute atomic E-state index is 13.4. The molecule has 27 heavy (non-hydrogen) atoms. The summed E-state index contributed by atoms with van der Waals surface area (Å²) < 4.78 is 28.3. The van der Waals surface area contributed by atoms with Crippen LogP contribution in [0.3, 0.4) is 0 Å². The summed E-state index contributed by atoms with van der Waals surface area (Å²) >= 11 is 1.18. The van der Waals surface area contributed by atoms with Crippen LogP contribution in [0.2, 0.25) is 0 Å². The van der Waals surface area contributed by atoms with Crippen LogP contribution in [0.25, 0.3) is 11.4 Å². The molecule has 0 spiro atoms. The monoisotopic (exact) mass is 397 g/mol. The molecule has 0 atom stereocenters. The van der Waals surface area contributed by atoms with E-state index < -0.39 is 10.0 Å². The maximum Gasteiger partial charge on any atom is 0.278 e. The number of nitrogens with one attached hydrogen (secondary N) is 1. The minimum Gasteiger partial charge on any atom is -0.234 e. The molecule has 0 fully saturated rings. The third-order valence-electron chi connectivity index (χ3n) is 3.94. The first-order valence-corrected chi connectivity index (χ1v) is 10.4. The largest absolute Gasteiger partial charge is 0.278 e. The SMILES string of the molecule is Cc1ccc(N(c2cccc(-c3nn[nH]n3)c2)S(=O)(=O)c2cccs2)cc1. The Morgan fingerprint density at radius 1 is 1.00 bits per heavy atom. The van der Waals surface area contributed by atoms with E-state index in [1.54, 1.807) is 53.9 Å². The highest BCUT2D eigenvalue weighted by atomic mass is 32.2. The molecular formula is C18H15N5O2S2. The Balaban J connectivity index is 1.89. The number of rotatable bonds is 5. The van der Waals surface area contributed by atoms with E-state index >= 15 is 0 Å². The van der Waals surface area contributed by atoms with Gasteiger partial charge in [0.1, 0.15) is 4.21 Å². The van der Waals surface area contributed by atoms with Crippen LogP contribution in [0.4, 0.5) is 11.4 Å². The predicted molar refractivity (Wildman–Crippen MR) is 104 cm³/mol. The van der Waals surface area contributed by atoms with Gasteiger partial charge in [0.15, 0.2) is 0 Å². The zero-order chi connectivity index (χ0) is 18.9. The zero-order valence-electron chi connectivity index (χ0n) is 14.3. The van der Waals surface area contributed by atoms with Crippen molar-refractivity contribution in [2.24, 2.45) is 0 Å². The van der Waals surface area contributed by atoms with Crippen molar-refractivity contribution in [2.75, 3.05) is 4.31 Å². The summed E-state index contributed by atoms with van der Waals surface area (Å²) in [6.07, 6.45) is 0. The lowest BCUT2D eigenvalue weighted by Crippen LogP contribution is -2.25. The molecule has 2 aromatic heterocycles. The first kappa shape index (κ1) is 17.4. The van der Waals surface area contributed by atoms with Crippen LogP contribution >= 0.6 is 11.3 Å². The van der Waals surface area contributed by atoms with Crippen LogP contribution in [0, 0.1) is 6.92 Å². The number of hydrogen-bond donors (Lipinski definition) is 1. The molecule has 2 aromatic carbocycles. The lowest BCUT2D eigenvalue weighted by Gasteiger charge is -2.24. The van der Waals surface area contributed by atoms with Gasteiger partial charge in [-0.1, -0.05) is 35.9 Å². The number of nitrogens with zero attached hydrogens (tertiary/aromatic N) is 4. The van der Waals surface area contributed by atoms with Gasteiger partial charge < -0.3 is 0 Å². The lowest BCUT2D eigenvalue weighted by atomic mass is 10.1. The number of aromatic amines is 1. The summed E-state index contributed by atoms with van der Waals surface area (Å²) in [5.41, 5.74) is 2.77. The number of tetrazole rings is 1. The van der Waals surface area contributed by atoms with Crippen LogP contribution in [-0.4, -0.2) is 29.0 Å². The molecule has 0 amide bonds. The van der Waals surface area contributed by atoms with Crippen LogP contribution in [0.1, 0.15) is 5.56 Å². The number of H-pyrrole nitrogens is 1. The van der Waals surface area contributed by atoms with Crippen LogP contribution < -0.4 is 4.31 Å². The standard InChI is InChI=1S/C18H15N5O2S2/c1-13-7-9-15(10-8-13)23(27(24,25)17-6-3-11-26-17)16-5-2-4-14(12-16)18-19-21-22-20-18/h2-12H,1H3,(H,19,20,21,22). The topological polar surface area (TPSA) is 91.8 Å². The molecule has 0 bridgehead atoms. The summed E-state index contributed by atoms with van der Waals surface area (Å²) in [5.74, 6) is 0.397. The van der Waals surface area contributed by atoms with E-state index in [1.807, 2.05) is 19.1 Å². The Hall–Kier alpha value is -3.04. The van der Waals surface area contributed by atoms with Gasteiger partial charge in [-0.25, -0.2) is 4.31 Å². The number of hydrogen-bond acceptors (Lipinski definition) is 6. The lowest BCUT2D eigenvalue weighted by molar-refractivity contribution is 0.598. The van der Waals surface area contributed by atoms with Gasteiger partial charge in [-0.05, 0) is 47.8 Å². The molecule has 0 saturated heterocycles. The molecule has 4 aromatic rings. The molecule has 4 rings (SSSR count). The molecule has 1 N–H and O–H groups in total. The van der Waals surface area contributed by atoms with E-state index in [9.17, 15) is 8.42 Å². The fraction of sp³-hybridized carbons (Fsp3) is 0.0556. The summed E-state index contributed by atoms with van der Waals surface area (Å²) in [4.78, 5) is 0. The van der Waals surface area contributed by atoms with Crippen molar-refractivity contribution in [2.45, 2.75) is 11.1 Å². The molecule has 0 radical (unpaired) electrons. The molecule has 9 heteroatoms. The highest BCUT2D eigenvalue weighted by Gasteiger charge is 2.28. The van der Waals surface area contributed by atoms with Gasteiger partial charge >= 0.3 is 0 Å². The Morgan fingerprint density at radius 2 is 1.81 bits per heavy atom. The highest BCUT2D eigenvalue weighted by molar-refractivity contribution is 7.95. The second kappa shape index (κ2) is 6.93. The fourth-order valence-corrected chi connectivity index (χ4v) is 5.21. The molecule has 7 nitrogen and oxygen atoms in total. The van der Waals surface area contributed by atoms with Crippen molar-refractivity contribution < 1.29 is 8.42 Å². The Bertz CT molecular complexity index is 1140. The van der Waals surface area contributed by atoms with E-state index in [2.05, 4.69) is 20.6 Å². The van der Waals surface area contributed by atoms with Gasteiger partial charge in [-0.2, -0.15) is 13.6 Å². The van der Waals surface area contributed by atoms with Crippen molar-refractivity contribution in [1.29, 1.82) is 0 Å². The fourth-order valence-electron chi connectivity index (χ4n) is 2.66. The van der Waals surface area contributed by atoms with Crippen molar-refractivity contribution in [3.63, 3.8) is 0 Å². The summed E-state index contributed by atoms with van der Waals surface area (Å²) in [7, 11) is -3.77. The molecule has 0 aliphatic heterocycles. The minimum absolute atomic E-state index is 0.271. The summed E-state index contributed by atoms with van der Waals surface area (Å²) in [5, 5.41) is 15.7. The smallest absolute Gasteiger partial charge is 0.234 e. The first-order chi connectivity index (χ1) is 13.1. The van der Waals surface area contributed by atoms with E-state index in [4.69, 9.17) is 0 Å². The van der Waals surface area contributed by atoms with Gasteiger partial charge in [-0.3, -0.25) is 0 Å². The molecule has 0 unspecified atom stereocenters. The molecule has 2 heterocycles. The number of aromatic nitrogens is 4. The van der Waals surface area contributed by atoms with Crippen LogP contribution in [0.5, 0.6) is 0 Å². The van der Waals surface area contributed by atoms with Crippen molar-refractivity contribution in [3.05, 3.63) is 71.6 Å². The molecule has 0 saturated carbocycles. The Morgan fingerprint density at radius 3 is 2.48 bits per heavy atom. The number of thiophene rings is 1. The third-order valence-corrected chi connectivity index (χ3v) is 7.07. The van der Waals surface area contributed by atoms with E-state index in [1.165, 1.54) is 15.6 Å². The molecule has 0 aliphatic rings. The van der Waals surface area contributed by atoms with Gasteiger partial charge in [0.25, 0.3) is 10.0 Å². The molecular weight excluding hydrogens is 382 g/mol. The van der Waals surface area contributed by atoms with Crippen LogP contribution in [-0.2, 0) is 10.0 Å². The average molecular weight is 397 g/mol. The average Bonchev–Trinajstić information content (AvgIpc) is 3.38. The Labute approximate surface area is 160 Å². The van der Waals surface area contributed by atoms with Crippen molar-refractivity contribution in [1.82, 2.24) is 20.6 Å². The Kier molecular flexibility index (Phi) is 4.46. The van der Waals surface area contributed by atoms with E-state index in [0.717, 1.165) is 5.56 Å². The molecule has 136 valence electrons. The predicted octanol–water partition coefficient (Wildman–Crippen LogP) is 3.76. The number of benzene rings is 2. The number of aryl methyl sites for hydroxylation is 1. The summed E-state index contributed by atoms with van der Waals surface area (Å²) in [6, 6.07) is 17.7. The van der Waals surface area contributed by atoms with Crippen LogP contribution in [0.15, 0.2) is 70.3 Å². The van der Waals surface area contributed by atoms with E-state index in [-0.39, 0.29) is 4.21 Å². The van der Waals surface area contributed by atoms with Gasteiger partial charge in [0, 0.05) is 5.56 Å². The van der Waals surface area contributed by atoms with E-state index in [0.29, 0.717) is 22.8 Å². The van der Waals surface area contributed by atoms with Gasteiger partial charge in [-0.15, -0.1) is 21.5 Å².